The summed E-state index contributed by atoms with van der Waals surface area (Å²) in [6.45, 7) is 2.10. The minimum atomic E-state index is 0. The van der Waals surface area contributed by atoms with Gasteiger partial charge in [-0.3, -0.25) is 0 Å². The molecule has 0 bridgehead atoms. The third-order valence-corrected chi connectivity index (χ3v) is 4.04. The van der Waals surface area contributed by atoms with Gasteiger partial charge in [0.15, 0.2) is 0 Å². The van der Waals surface area contributed by atoms with Crippen molar-refractivity contribution >= 4 is 24.8 Å². The van der Waals surface area contributed by atoms with Crippen molar-refractivity contribution < 1.29 is 0 Å². The van der Waals surface area contributed by atoms with Crippen molar-refractivity contribution in [2.45, 2.75) is 24.9 Å². The molecule has 0 radical (unpaired) electrons. The van der Waals surface area contributed by atoms with E-state index < -0.39 is 0 Å². The highest BCUT2D eigenvalue weighted by Gasteiger charge is 2.25. The molecule has 1 aliphatic rings. The number of piperazine rings is 1. The Labute approximate surface area is 145 Å². The summed E-state index contributed by atoms with van der Waals surface area (Å²) in [5, 5.41) is 7.33. The van der Waals surface area contributed by atoms with Crippen molar-refractivity contribution in [3.8, 4) is 0 Å². The number of halogens is 2. The van der Waals surface area contributed by atoms with Crippen LogP contribution in [0.1, 0.15) is 23.6 Å². The SMILES string of the molecule is Cl.Cl.c1ccc(CC[C@@H]2NCCN[C@H]2c2ccccc2)cc1. The Morgan fingerprint density at radius 2 is 1.36 bits per heavy atom. The van der Waals surface area contributed by atoms with Crippen molar-refractivity contribution in [1.82, 2.24) is 10.6 Å². The predicted molar refractivity (Wildman–Crippen MR) is 98.2 cm³/mol. The van der Waals surface area contributed by atoms with Gasteiger partial charge in [0.2, 0.25) is 0 Å². The first-order valence-electron chi connectivity index (χ1n) is 7.49. The summed E-state index contributed by atoms with van der Waals surface area (Å²) < 4.78 is 0. The second kappa shape index (κ2) is 9.86. The number of rotatable bonds is 4. The third-order valence-electron chi connectivity index (χ3n) is 4.04. The van der Waals surface area contributed by atoms with E-state index in [4.69, 9.17) is 0 Å². The van der Waals surface area contributed by atoms with Crippen LogP contribution < -0.4 is 10.6 Å². The molecule has 3 rings (SSSR count). The monoisotopic (exact) mass is 338 g/mol. The molecule has 0 saturated carbocycles. The molecule has 1 fully saturated rings. The smallest absolute Gasteiger partial charge is 0.0476 e. The molecule has 22 heavy (non-hydrogen) atoms. The molecule has 4 heteroatoms. The summed E-state index contributed by atoms with van der Waals surface area (Å²) in [7, 11) is 0. The summed E-state index contributed by atoms with van der Waals surface area (Å²) in [6.07, 6.45) is 2.29. The lowest BCUT2D eigenvalue weighted by molar-refractivity contribution is 0.312. The predicted octanol–water partition coefficient (Wildman–Crippen LogP) is 3.77. The average Bonchev–Trinajstić information content (AvgIpc) is 2.55. The Morgan fingerprint density at radius 3 is 2.05 bits per heavy atom. The standard InChI is InChI=1S/C18H22N2.2ClH/c1-3-7-15(8-4-1)11-12-17-18(20-14-13-19-17)16-9-5-2-6-10-16;;/h1-10,17-20H,11-14H2;2*1H/t17-,18-;;/m0../s1. The van der Waals surface area contributed by atoms with E-state index in [2.05, 4.69) is 71.3 Å². The zero-order valence-electron chi connectivity index (χ0n) is 12.6. The minimum absolute atomic E-state index is 0. The first-order chi connectivity index (χ1) is 9.93. The number of hydrogen-bond acceptors (Lipinski definition) is 2. The van der Waals surface area contributed by atoms with Gasteiger partial charge < -0.3 is 10.6 Å². The number of aryl methyl sites for hydroxylation is 1. The molecule has 1 saturated heterocycles. The molecule has 0 aromatic heterocycles. The number of nitrogens with one attached hydrogen (secondary N) is 2. The van der Waals surface area contributed by atoms with Gasteiger partial charge >= 0.3 is 0 Å². The molecule has 2 nitrogen and oxygen atoms in total. The molecule has 1 aliphatic heterocycles. The van der Waals surface area contributed by atoms with Gasteiger partial charge in [-0.1, -0.05) is 60.7 Å². The van der Waals surface area contributed by atoms with Crippen LogP contribution in [-0.2, 0) is 6.42 Å². The lowest BCUT2D eigenvalue weighted by Crippen LogP contribution is -2.50. The van der Waals surface area contributed by atoms with Gasteiger partial charge in [0.25, 0.3) is 0 Å². The first kappa shape index (κ1) is 19.0. The van der Waals surface area contributed by atoms with Crippen molar-refractivity contribution in [2.75, 3.05) is 13.1 Å². The molecule has 0 amide bonds. The van der Waals surface area contributed by atoms with E-state index >= 15 is 0 Å². The van der Waals surface area contributed by atoms with Crippen LogP contribution in [0.25, 0.3) is 0 Å². The van der Waals surface area contributed by atoms with E-state index in [1.807, 2.05) is 0 Å². The summed E-state index contributed by atoms with van der Waals surface area (Å²) in [5.74, 6) is 0. The van der Waals surface area contributed by atoms with Crippen molar-refractivity contribution in [1.29, 1.82) is 0 Å². The van der Waals surface area contributed by atoms with Crippen LogP contribution in [0.2, 0.25) is 0 Å². The average molecular weight is 339 g/mol. The van der Waals surface area contributed by atoms with E-state index in [0.29, 0.717) is 12.1 Å². The summed E-state index contributed by atoms with van der Waals surface area (Å²) in [4.78, 5) is 0. The van der Waals surface area contributed by atoms with Crippen LogP contribution in [0.3, 0.4) is 0 Å². The van der Waals surface area contributed by atoms with Gasteiger partial charge in [-0.25, -0.2) is 0 Å². The van der Waals surface area contributed by atoms with Gasteiger partial charge in [-0.2, -0.15) is 0 Å². The highest BCUT2D eigenvalue weighted by atomic mass is 35.5. The van der Waals surface area contributed by atoms with Crippen molar-refractivity contribution in [2.24, 2.45) is 0 Å². The lowest BCUT2D eigenvalue weighted by atomic mass is 9.92. The molecule has 0 spiro atoms. The van der Waals surface area contributed by atoms with Crippen LogP contribution in [-0.4, -0.2) is 19.1 Å². The topological polar surface area (TPSA) is 24.1 Å². The van der Waals surface area contributed by atoms with E-state index in [9.17, 15) is 0 Å². The quantitative estimate of drug-likeness (QED) is 0.886. The fourth-order valence-corrected chi connectivity index (χ4v) is 2.99. The van der Waals surface area contributed by atoms with E-state index in [1.165, 1.54) is 11.1 Å². The van der Waals surface area contributed by atoms with E-state index in [-0.39, 0.29) is 24.8 Å². The molecule has 1 heterocycles. The highest BCUT2D eigenvalue weighted by molar-refractivity contribution is 5.85. The molecular weight excluding hydrogens is 315 g/mol. The second-order valence-corrected chi connectivity index (χ2v) is 5.43. The van der Waals surface area contributed by atoms with E-state index in [0.717, 1.165) is 25.9 Å². The molecule has 0 aliphatic carbocycles. The van der Waals surface area contributed by atoms with Crippen LogP contribution >= 0.6 is 24.8 Å². The highest BCUT2D eigenvalue weighted by Crippen LogP contribution is 2.22. The molecule has 2 aromatic carbocycles. The first-order valence-corrected chi connectivity index (χ1v) is 7.49. The fraction of sp³-hybridized carbons (Fsp3) is 0.333. The molecule has 2 atom stereocenters. The van der Waals surface area contributed by atoms with Crippen LogP contribution in [0.15, 0.2) is 60.7 Å². The fourth-order valence-electron chi connectivity index (χ4n) is 2.99. The largest absolute Gasteiger partial charge is 0.311 e. The summed E-state index contributed by atoms with van der Waals surface area (Å²) in [6, 6.07) is 22.5. The molecule has 2 aromatic rings. The minimum Gasteiger partial charge on any atom is -0.311 e. The summed E-state index contributed by atoms with van der Waals surface area (Å²) in [5.41, 5.74) is 2.81. The Balaban J connectivity index is 0.00000121. The van der Waals surface area contributed by atoms with Crippen LogP contribution in [0.4, 0.5) is 0 Å². The lowest BCUT2D eigenvalue weighted by Gasteiger charge is -2.34. The maximum atomic E-state index is 3.68. The van der Waals surface area contributed by atoms with Crippen LogP contribution in [0.5, 0.6) is 0 Å². The van der Waals surface area contributed by atoms with Crippen molar-refractivity contribution in [3.05, 3.63) is 71.8 Å². The van der Waals surface area contributed by atoms with Gasteiger partial charge in [0, 0.05) is 25.2 Å². The Morgan fingerprint density at radius 1 is 0.773 bits per heavy atom. The second-order valence-electron chi connectivity index (χ2n) is 5.43. The number of hydrogen-bond donors (Lipinski definition) is 2. The van der Waals surface area contributed by atoms with Gasteiger partial charge in [-0.05, 0) is 24.0 Å². The zero-order chi connectivity index (χ0) is 13.6. The molecule has 120 valence electrons. The van der Waals surface area contributed by atoms with Gasteiger partial charge in [-0.15, -0.1) is 24.8 Å². The molecule has 0 unspecified atom stereocenters. The maximum Gasteiger partial charge on any atom is 0.0476 e. The van der Waals surface area contributed by atoms with Crippen molar-refractivity contribution in [3.63, 3.8) is 0 Å². The van der Waals surface area contributed by atoms with E-state index in [1.54, 1.807) is 0 Å². The van der Waals surface area contributed by atoms with Crippen LogP contribution in [0, 0.1) is 0 Å². The Hall–Kier alpha value is -1.06. The Kier molecular flexibility index (Phi) is 8.51. The summed E-state index contributed by atoms with van der Waals surface area (Å²) >= 11 is 0. The zero-order valence-corrected chi connectivity index (χ0v) is 14.2. The third kappa shape index (κ3) is 4.99. The van der Waals surface area contributed by atoms with Gasteiger partial charge in [0.1, 0.15) is 0 Å². The maximum absolute atomic E-state index is 3.68. The Bertz CT molecular complexity index is 519. The van der Waals surface area contributed by atoms with Gasteiger partial charge in [0.05, 0.1) is 0 Å². The number of benzene rings is 2. The molecular formula is C18H24Cl2N2. The normalized spacial score (nSPS) is 20.5. The molecule has 2 N–H and O–H groups in total.